The molecule has 0 saturated heterocycles. The van der Waals surface area contributed by atoms with Gasteiger partial charge >= 0.3 is 0 Å². The normalized spacial score (nSPS) is 17.2. The zero-order chi connectivity index (χ0) is 11.2. The number of carbonyl (C=O) groups is 1. The second kappa shape index (κ2) is 6.04. The number of hydrogen-bond donors (Lipinski definition) is 1. The van der Waals surface area contributed by atoms with E-state index in [0.717, 1.165) is 6.42 Å². The van der Waals surface area contributed by atoms with Gasteiger partial charge in [-0.1, -0.05) is 19.3 Å². The lowest BCUT2D eigenvalue weighted by molar-refractivity contribution is -0.121. The highest BCUT2D eigenvalue weighted by Crippen LogP contribution is 2.17. The first-order chi connectivity index (χ1) is 7.84. The maximum absolute atomic E-state index is 11.7. The molecule has 2 nitrogen and oxygen atoms in total. The van der Waals surface area contributed by atoms with Crippen LogP contribution in [0, 0.1) is 0 Å². The Balaban J connectivity index is 1.67. The van der Waals surface area contributed by atoms with E-state index in [1.807, 2.05) is 0 Å². The van der Waals surface area contributed by atoms with Gasteiger partial charge in [0, 0.05) is 12.5 Å². The lowest BCUT2D eigenvalue weighted by atomic mass is 9.95. The minimum atomic E-state index is 0.220. The van der Waals surface area contributed by atoms with Crippen molar-refractivity contribution in [1.82, 2.24) is 5.32 Å². The van der Waals surface area contributed by atoms with Gasteiger partial charge in [-0.15, -0.1) is 0 Å². The van der Waals surface area contributed by atoms with E-state index in [-0.39, 0.29) is 5.91 Å². The van der Waals surface area contributed by atoms with Gasteiger partial charge < -0.3 is 5.32 Å². The second-order valence-electron chi connectivity index (χ2n) is 4.53. The predicted molar refractivity (Wildman–Crippen MR) is 67.7 cm³/mol. The van der Waals surface area contributed by atoms with Crippen molar-refractivity contribution in [2.45, 2.75) is 51.0 Å². The van der Waals surface area contributed by atoms with Gasteiger partial charge in [0.1, 0.15) is 0 Å². The van der Waals surface area contributed by atoms with Gasteiger partial charge in [-0.3, -0.25) is 4.79 Å². The fourth-order valence-corrected chi connectivity index (χ4v) is 2.94. The molecule has 1 aromatic heterocycles. The van der Waals surface area contributed by atoms with Gasteiger partial charge in [0.15, 0.2) is 0 Å². The number of carbonyl (C=O) groups excluding carboxylic acids is 1. The highest BCUT2D eigenvalue weighted by Gasteiger charge is 2.15. The van der Waals surface area contributed by atoms with Gasteiger partial charge in [0.2, 0.25) is 5.91 Å². The Morgan fingerprint density at radius 1 is 1.38 bits per heavy atom. The molecular formula is C13H19NOS. The highest BCUT2D eigenvalue weighted by molar-refractivity contribution is 7.07. The van der Waals surface area contributed by atoms with Crippen molar-refractivity contribution in [3.8, 4) is 0 Å². The molecule has 1 aromatic rings. The van der Waals surface area contributed by atoms with Crippen LogP contribution in [0.5, 0.6) is 0 Å². The Hall–Kier alpha value is -0.830. The predicted octanol–water partition coefficient (Wildman–Crippen LogP) is 3.13. The molecule has 1 N–H and O–H groups in total. The van der Waals surface area contributed by atoms with Gasteiger partial charge in [-0.25, -0.2) is 0 Å². The first-order valence-corrected chi connectivity index (χ1v) is 7.09. The van der Waals surface area contributed by atoms with Gasteiger partial charge in [-0.2, -0.15) is 11.3 Å². The first-order valence-electron chi connectivity index (χ1n) is 6.15. The third-order valence-corrected chi connectivity index (χ3v) is 3.92. The molecule has 88 valence electrons. The summed E-state index contributed by atoms with van der Waals surface area (Å²) in [6.45, 7) is 0. The molecule has 1 fully saturated rings. The zero-order valence-electron chi connectivity index (χ0n) is 9.58. The van der Waals surface area contributed by atoms with Crippen molar-refractivity contribution in [3.63, 3.8) is 0 Å². The summed E-state index contributed by atoms with van der Waals surface area (Å²) >= 11 is 1.70. The molecule has 1 aliphatic rings. The van der Waals surface area contributed by atoms with E-state index in [1.165, 1.54) is 37.7 Å². The fraction of sp³-hybridized carbons (Fsp3) is 0.615. The molecule has 1 amide bonds. The Kier molecular flexibility index (Phi) is 4.40. The third-order valence-electron chi connectivity index (χ3n) is 3.19. The molecule has 3 heteroatoms. The number of hydrogen-bond acceptors (Lipinski definition) is 2. The van der Waals surface area contributed by atoms with Crippen molar-refractivity contribution in [2.75, 3.05) is 0 Å². The van der Waals surface area contributed by atoms with E-state index in [4.69, 9.17) is 0 Å². The monoisotopic (exact) mass is 237 g/mol. The van der Waals surface area contributed by atoms with Crippen LogP contribution < -0.4 is 5.32 Å². The summed E-state index contributed by atoms with van der Waals surface area (Å²) in [5, 5.41) is 7.33. The van der Waals surface area contributed by atoms with E-state index < -0.39 is 0 Å². The number of amides is 1. The van der Waals surface area contributed by atoms with Crippen LogP contribution in [-0.2, 0) is 11.2 Å². The van der Waals surface area contributed by atoms with Crippen LogP contribution in [0.3, 0.4) is 0 Å². The fourth-order valence-electron chi connectivity index (χ4n) is 2.24. The maximum atomic E-state index is 11.7. The minimum absolute atomic E-state index is 0.220. The third kappa shape index (κ3) is 3.63. The highest BCUT2D eigenvalue weighted by atomic mass is 32.1. The van der Waals surface area contributed by atoms with Crippen molar-refractivity contribution in [2.24, 2.45) is 0 Å². The van der Waals surface area contributed by atoms with E-state index in [1.54, 1.807) is 11.3 Å². The molecule has 2 rings (SSSR count). The van der Waals surface area contributed by atoms with Crippen LogP contribution in [0.2, 0.25) is 0 Å². The molecule has 0 aromatic carbocycles. The molecule has 0 aliphatic heterocycles. The molecular weight excluding hydrogens is 218 g/mol. The average Bonchev–Trinajstić information content (AvgIpc) is 2.81. The molecule has 1 saturated carbocycles. The van der Waals surface area contributed by atoms with Crippen LogP contribution >= 0.6 is 11.3 Å². The summed E-state index contributed by atoms with van der Waals surface area (Å²) in [6.07, 6.45) is 7.73. The maximum Gasteiger partial charge on any atom is 0.220 e. The van der Waals surface area contributed by atoms with Gasteiger partial charge in [-0.05, 0) is 41.7 Å². The standard InChI is InChI=1S/C13H19NOS/c15-13(7-6-11-8-9-16-10-11)14-12-4-2-1-3-5-12/h8-10,12H,1-7H2,(H,14,15). The number of rotatable bonds is 4. The zero-order valence-corrected chi connectivity index (χ0v) is 10.4. The van der Waals surface area contributed by atoms with Crippen LogP contribution in [-0.4, -0.2) is 11.9 Å². The molecule has 16 heavy (non-hydrogen) atoms. The van der Waals surface area contributed by atoms with Crippen molar-refractivity contribution < 1.29 is 4.79 Å². The van der Waals surface area contributed by atoms with E-state index in [0.29, 0.717) is 12.5 Å². The summed E-state index contributed by atoms with van der Waals surface area (Å²) in [7, 11) is 0. The molecule has 0 atom stereocenters. The van der Waals surface area contributed by atoms with Crippen LogP contribution in [0.4, 0.5) is 0 Å². The lowest BCUT2D eigenvalue weighted by Crippen LogP contribution is -2.36. The summed E-state index contributed by atoms with van der Waals surface area (Å²) in [6, 6.07) is 2.54. The van der Waals surface area contributed by atoms with Gasteiger partial charge in [0.05, 0.1) is 0 Å². The molecule has 0 spiro atoms. The van der Waals surface area contributed by atoms with Crippen molar-refractivity contribution >= 4 is 17.2 Å². The molecule has 0 bridgehead atoms. The lowest BCUT2D eigenvalue weighted by Gasteiger charge is -2.22. The smallest absolute Gasteiger partial charge is 0.220 e. The van der Waals surface area contributed by atoms with Crippen molar-refractivity contribution in [3.05, 3.63) is 22.4 Å². The summed E-state index contributed by atoms with van der Waals surface area (Å²) in [5.74, 6) is 0.220. The Labute approximate surface area is 101 Å². The quantitative estimate of drug-likeness (QED) is 0.856. The molecule has 1 aliphatic carbocycles. The average molecular weight is 237 g/mol. The molecule has 1 heterocycles. The Morgan fingerprint density at radius 3 is 2.88 bits per heavy atom. The number of nitrogens with one attached hydrogen (secondary N) is 1. The van der Waals surface area contributed by atoms with Gasteiger partial charge in [0.25, 0.3) is 0 Å². The van der Waals surface area contributed by atoms with Crippen molar-refractivity contribution in [1.29, 1.82) is 0 Å². The van der Waals surface area contributed by atoms with E-state index >= 15 is 0 Å². The SMILES string of the molecule is O=C(CCc1ccsc1)NC1CCCCC1. The summed E-state index contributed by atoms with van der Waals surface area (Å²) in [5.41, 5.74) is 1.28. The first kappa shape index (κ1) is 11.6. The number of thiophene rings is 1. The van der Waals surface area contributed by atoms with E-state index in [9.17, 15) is 4.79 Å². The topological polar surface area (TPSA) is 29.1 Å². The van der Waals surface area contributed by atoms with Crippen LogP contribution in [0.1, 0.15) is 44.1 Å². The molecule has 0 unspecified atom stereocenters. The largest absolute Gasteiger partial charge is 0.353 e. The Bertz CT molecular complexity index is 315. The Morgan fingerprint density at radius 2 is 2.19 bits per heavy atom. The number of aryl methyl sites for hydroxylation is 1. The van der Waals surface area contributed by atoms with Crippen LogP contribution in [0.25, 0.3) is 0 Å². The van der Waals surface area contributed by atoms with Crippen LogP contribution in [0.15, 0.2) is 16.8 Å². The minimum Gasteiger partial charge on any atom is -0.353 e. The summed E-state index contributed by atoms with van der Waals surface area (Å²) < 4.78 is 0. The second-order valence-corrected chi connectivity index (χ2v) is 5.31. The molecule has 0 radical (unpaired) electrons. The summed E-state index contributed by atoms with van der Waals surface area (Å²) in [4.78, 5) is 11.7. The van der Waals surface area contributed by atoms with E-state index in [2.05, 4.69) is 22.1 Å².